The molecule has 0 heteroatoms. The third-order valence-corrected chi connectivity index (χ3v) is 4.33. The molecule has 0 heterocycles. The molecule has 0 saturated heterocycles. The van der Waals surface area contributed by atoms with Gasteiger partial charge in [-0.05, 0) is 48.3 Å². The van der Waals surface area contributed by atoms with E-state index >= 15 is 0 Å². The van der Waals surface area contributed by atoms with E-state index in [1.165, 1.54) is 43.2 Å². The molecular weight excluding hydrogens is 264 g/mol. The van der Waals surface area contributed by atoms with E-state index in [1.807, 2.05) is 27.7 Å². The molecule has 0 aliphatic carbocycles. The highest BCUT2D eigenvalue weighted by Gasteiger charge is 2.10. The van der Waals surface area contributed by atoms with E-state index in [1.54, 1.807) is 5.56 Å². The molecule has 1 aromatic carbocycles. The van der Waals surface area contributed by atoms with Gasteiger partial charge in [0.15, 0.2) is 0 Å². The van der Waals surface area contributed by atoms with Crippen molar-refractivity contribution in [3.05, 3.63) is 34.9 Å². The van der Waals surface area contributed by atoms with Gasteiger partial charge in [-0.3, -0.25) is 0 Å². The minimum atomic E-state index is 0.705. The second kappa shape index (κ2) is 15.1. The molecule has 1 rings (SSSR count). The average Bonchev–Trinajstić information content (AvgIpc) is 2.58. The molecule has 0 aliphatic heterocycles. The minimum Gasteiger partial charge on any atom is -0.0683 e. The first-order valence-corrected chi connectivity index (χ1v) is 9.71. The maximum atomic E-state index is 2.47. The Labute approximate surface area is 141 Å². The number of benzene rings is 1. The topological polar surface area (TPSA) is 0 Å². The van der Waals surface area contributed by atoms with Gasteiger partial charge in [-0.1, -0.05) is 92.9 Å². The van der Waals surface area contributed by atoms with Gasteiger partial charge in [-0.2, -0.15) is 0 Å². The van der Waals surface area contributed by atoms with E-state index in [-0.39, 0.29) is 0 Å². The minimum absolute atomic E-state index is 0.705. The quantitative estimate of drug-likeness (QED) is 0.479. The smallest absolute Gasteiger partial charge is 0.0190 e. The monoisotopic (exact) mass is 306 g/mol. The van der Waals surface area contributed by atoms with E-state index in [9.17, 15) is 0 Å². The molecule has 0 aromatic heterocycles. The highest BCUT2D eigenvalue weighted by molar-refractivity contribution is 5.33. The Bertz CT molecular complexity index is 347. The standard InChI is InChI=1S/C18H30.2C2H6/c1-6-9-14(4)17-11-10-15(5)18(13-17)12-16(7-2)8-3;2*1-2/h10-11,13-14,16H,6-9,12H2,1-5H3;2*1-2H3. The highest BCUT2D eigenvalue weighted by Crippen LogP contribution is 2.25. The van der Waals surface area contributed by atoms with Gasteiger partial charge in [0.25, 0.3) is 0 Å². The van der Waals surface area contributed by atoms with Crippen LogP contribution in [0.3, 0.4) is 0 Å². The molecule has 22 heavy (non-hydrogen) atoms. The van der Waals surface area contributed by atoms with Gasteiger partial charge in [0, 0.05) is 0 Å². The lowest BCUT2D eigenvalue weighted by atomic mass is 9.88. The SMILES string of the molecule is CC.CC.CCCC(C)c1ccc(C)c(CC(CC)CC)c1. The van der Waals surface area contributed by atoms with E-state index in [0.717, 1.165) is 5.92 Å². The Morgan fingerprint density at radius 1 is 0.909 bits per heavy atom. The van der Waals surface area contributed by atoms with Crippen LogP contribution in [0.4, 0.5) is 0 Å². The Kier molecular flexibility index (Phi) is 16.2. The fourth-order valence-corrected chi connectivity index (χ4v) is 2.71. The van der Waals surface area contributed by atoms with Crippen molar-refractivity contribution in [2.75, 3.05) is 0 Å². The van der Waals surface area contributed by atoms with Gasteiger partial charge in [-0.15, -0.1) is 0 Å². The summed E-state index contributed by atoms with van der Waals surface area (Å²) in [6, 6.07) is 7.11. The summed E-state index contributed by atoms with van der Waals surface area (Å²) in [7, 11) is 0. The molecular formula is C22H42. The van der Waals surface area contributed by atoms with Crippen molar-refractivity contribution in [1.82, 2.24) is 0 Å². The Hall–Kier alpha value is -0.780. The maximum Gasteiger partial charge on any atom is -0.0190 e. The molecule has 0 fully saturated rings. The Morgan fingerprint density at radius 2 is 1.45 bits per heavy atom. The predicted octanol–water partition coefficient (Wildman–Crippen LogP) is 7.93. The summed E-state index contributed by atoms with van der Waals surface area (Å²) in [5.74, 6) is 1.55. The molecule has 0 bridgehead atoms. The van der Waals surface area contributed by atoms with Crippen LogP contribution >= 0.6 is 0 Å². The molecule has 0 radical (unpaired) electrons. The van der Waals surface area contributed by atoms with Gasteiger partial charge in [0.1, 0.15) is 0 Å². The Balaban J connectivity index is 0. The zero-order valence-electron chi connectivity index (χ0n) is 16.9. The van der Waals surface area contributed by atoms with Crippen molar-refractivity contribution in [2.45, 2.75) is 100 Å². The molecule has 0 aliphatic rings. The van der Waals surface area contributed by atoms with Gasteiger partial charge in [-0.25, -0.2) is 0 Å². The van der Waals surface area contributed by atoms with Crippen LogP contribution in [-0.4, -0.2) is 0 Å². The number of hydrogen-bond acceptors (Lipinski definition) is 0. The van der Waals surface area contributed by atoms with Crippen LogP contribution in [0.25, 0.3) is 0 Å². The molecule has 1 aromatic rings. The Morgan fingerprint density at radius 3 is 1.91 bits per heavy atom. The molecule has 0 nitrogen and oxygen atoms in total. The van der Waals surface area contributed by atoms with E-state index in [0.29, 0.717) is 5.92 Å². The molecule has 1 atom stereocenters. The number of aryl methyl sites for hydroxylation is 1. The highest BCUT2D eigenvalue weighted by atomic mass is 14.2. The lowest BCUT2D eigenvalue weighted by Gasteiger charge is -2.17. The van der Waals surface area contributed by atoms with Crippen molar-refractivity contribution in [3.8, 4) is 0 Å². The van der Waals surface area contributed by atoms with Crippen LogP contribution in [0.5, 0.6) is 0 Å². The zero-order valence-corrected chi connectivity index (χ0v) is 16.9. The van der Waals surface area contributed by atoms with Crippen LogP contribution in [0.2, 0.25) is 0 Å². The normalized spacial score (nSPS) is 11.2. The van der Waals surface area contributed by atoms with Gasteiger partial charge in [0.05, 0.1) is 0 Å². The van der Waals surface area contributed by atoms with Crippen molar-refractivity contribution in [3.63, 3.8) is 0 Å². The van der Waals surface area contributed by atoms with Crippen molar-refractivity contribution >= 4 is 0 Å². The predicted molar refractivity (Wildman–Crippen MR) is 105 cm³/mol. The van der Waals surface area contributed by atoms with Crippen LogP contribution in [-0.2, 0) is 6.42 Å². The van der Waals surface area contributed by atoms with Crippen LogP contribution in [0.15, 0.2) is 18.2 Å². The van der Waals surface area contributed by atoms with Crippen LogP contribution in [0, 0.1) is 12.8 Å². The average molecular weight is 307 g/mol. The molecule has 1 unspecified atom stereocenters. The molecule has 0 amide bonds. The maximum absolute atomic E-state index is 2.47. The first-order chi connectivity index (χ1) is 10.6. The summed E-state index contributed by atoms with van der Waals surface area (Å²) in [5, 5.41) is 0. The molecule has 0 saturated carbocycles. The van der Waals surface area contributed by atoms with Gasteiger partial charge in [0.2, 0.25) is 0 Å². The molecule has 130 valence electrons. The lowest BCUT2D eigenvalue weighted by Crippen LogP contribution is -2.04. The summed E-state index contributed by atoms with van der Waals surface area (Å²) in [6.45, 7) is 19.5. The largest absolute Gasteiger partial charge is 0.0683 e. The van der Waals surface area contributed by atoms with Crippen molar-refractivity contribution in [2.24, 2.45) is 5.92 Å². The third kappa shape index (κ3) is 8.61. The van der Waals surface area contributed by atoms with Crippen molar-refractivity contribution in [1.29, 1.82) is 0 Å². The first kappa shape index (κ1) is 23.5. The summed E-state index contributed by atoms with van der Waals surface area (Å²) < 4.78 is 0. The van der Waals surface area contributed by atoms with Gasteiger partial charge >= 0.3 is 0 Å². The van der Waals surface area contributed by atoms with Gasteiger partial charge < -0.3 is 0 Å². The number of rotatable bonds is 7. The second-order valence-corrected chi connectivity index (χ2v) is 5.76. The summed E-state index contributed by atoms with van der Waals surface area (Å²) in [6.07, 6.45) is 6.42. The van der Waals surface area contributed by atoms with E-state index in [2.05, 4.69) is 52.8 Å². The fraction of sp³-hybridized carbons (Fsp3) is 0.727. The van der Waals surface area contributed by atoms with Crippen LogP contribution < -0.4 is 0 Å². The van der Waals surface area contributed by atoms with Crippen LogP contribution in [0.1, 0.15) is 104 Å². The fourth-order valence-electron chi connectivity index (χ4n) is 2.71. The van der Waals surface area contributed by atoms with E-state index in [4.69, 9.17) is 0 Å². The first-order valence-electron chi connectivity index (χ1n) is 9.71. The molecule has 0 spiro atoms. The van der Waals surface area contributed by atoms with E-state index < -0.39 is 0 Å². The lowest BCUT2D eigenvalue weighted by molar-refractivity contribution is 0.489. The second-order valence-electron chi connectivity index (χ2n) is 5.76. The summed E-state index contributed by atoms with van der Waals surface area (Å²) >= 11 is 0. The third-order valence-electron chi connectivity index (χ3n) is 4.33. The number of hydrogen-bond donors (Lipinski definition) is 0. The van der Waals surface area contributed by atoms with Crippen molar-refractivity contribution < 1.29 is 0 Å². The summed E-state index contributed by atoms with van der Waals surface area (Å²) in [5.41, 5.74) is 4.57. The summed E-state index contributed by atoms with van der Waals surface area (Å²) in [4.78, 5) is 0. The molecule has 0 N–H and O–H groups in total. The zero-order chi connectivity index (χ0) is 17.5.